The molecule has 4 nitrogen and oxygen atoms in total. The molecule has 1 rings (SSSR count). The topological polar surface area (TPSA) is 45.7 Å². The second kappa shape index (κ2) is 10.1. The summed E-state index contributed by atoms with van der Waals surface area (Å²) in [6.45, 7) is 7.01. The maximum absolute atomic E-state index is 13.1. The number of aliphatic imine (C=N–C) groups is 1. The van der Waals surface area contributed by atoms with Crippen LogP contribution < -0.4 is 10.6 Å². The number of halogens is 2. The van der Waals surface area contributed by atoms with Crippen LogP contribution in [-0.4, -0.2) is 38.8 Å². The highest BCUT2D eigenvalue weighted by Crippen LogP contribution is 2.07. The van der Waals surface area contributed by atoms with Crippen molar-refractivity contribution in [3.8, 4) is 0 Å². The van der Waals surface area contributed by atoms with E-state index >= 15 is 0 Å². The van der Waals surface area contributed by atoms with Gasteiger partial charge in [-0.1, -0.05) is 0 Å². The van der Waals surface area contributed by atoms with Crippen molar-refractivity contribution >= 4 is 5.96 Å². The van der Waals surface area contributed by atoms with Gasteiger partial charge in [0, 0.05) is 25.8 Å². The molecule has 0 aliphatic carbocycles. The Hall–Kier alpha value is -1.69. The van der Waals surface area contributed by atoms with Crippen LogP contribution in [0.4, 0.5) is 8.78 Å². The van der Waals surface area contributed by atoms with Crippen LogP contribution in [0.15, 0.2) is 23.2 Å². The highest BCUT2D eigenvalue weighted by atomic mass is 19.1. The molecule has 0 amide bonds. The molecule has 21 heavy (non-hydrogen) atoms. The molecule has 0 saturated carbocycles. The minimum absolute atomic E-state index is 0.518. The number of nitrogens with zero attached hydrogens (tertiary/aromatic N) is 1. The molecular formula is C15H23F2N3O. The monoisotopic (exact) mass is 299 g/mol. The van der Waals surface area contributed by atoms with Crippen molar-refractivity contribution < 1.29 is 13.5 Å². The van der Waals surface area contributed by atoms with Crippen LogP contribution in [0.5, 0.6) is 0 Å². The fraction of sp³-hybridized carbons (Fsp3) is 0.533. The van der Waals surface area contributed by atoms with Crippen LogP contribution in [0.1, 0.15) is 19.4 Å². The van der Waals surface area contributed by atoms with E-state index in [1.807, 2.05) is 13.8 Å². The molecule has 6 heteroatoms. The Morgan fingerprint density at radius 3 is 2.48 bits per heavy atom. The van der Waals surface area contributed by atoms with E-state index in [4.69, 9.17) is 4.74 Å². The Kier molecular flexibility index (Phi) is 8.35. The summed E-state index contributed by atoms with van der Waals surface area (Å²) >= 11 is 0. The molecular weight excluding hydrogens is 276 g/mol. The molecule has 0 saturated heterocycles. The molecule has 0 aromatic heterocycles. The predicted molar refractivity (Wildman–Crippen MR) is 80.5 cm³/mol. The zero-order valence-electron chi connectivity index (χ0n) is 12.6. The Morgan fingerprint density at radius 1 is 1.14 bits per heavy atom. The van der Waals surface area contributed by atoms with Crippen molar-refractivity contribution in [3.05, 3.63) is 35.4 Å². The van der Waals surface area contributed by atoms with E-state index in [-0.39, 0.29) is 0 Å². The number of nitrogens with one attached hydrogen (secondary N) is 2. The summed E-state index contributed by atoms with van der Waals surface area (Å²) in [6, 6.07) is 3.55. The van der Waals surface area contributed by atoms with E-state index in [2.05, 4.69) is 15.6 Å². The van der Waals surface area contributed by atoms with Gasteiger partial charge in [0.15, 0.2) is 5.96 Å². The maximum atomic E-state index is 13.1. The van der Waals surface area contributed by atoms with Crippen LogP contribution in [0.25, 0.3) is 0 Å². The first kappa shape index (κ1) is 17.4. The van der Waals surface area contributed by atoms with Crippen molar-refractivity contribution in [2.24, 2.45) is 4.99 Å². The lowest BCUT2D eigenvalue weighted by atomic mass is 10.1. The quantitative estimate of drug-likeness (QED) is 0.439. The molecule has 0 heterocycles. The lowest BCUT2D eigenvalue weighted by Crippen LogP contribution is -2.38. The van der Waals surface area contributed by atoms with Gasteiger partial charge in [0.2, 0.25) is 0 Å². The first-order valence-corrected chi connectivity index (χ1v) is 7.20. The standard InChI is InChI=1S/C15H23F2N3O/c1-3-18-15(20-7-8-21-4-2)19-6-5-12-9-13(16)11-14(17)10-12/h9-11H,3-8H2,1-2H3,(H2,18,19,20). The average molecular weight is 299 g/mol. The number of guanidine groups is 1. The summed E-state index contributed by atoms with van der Waals surface area (Å²) in [5.41, 5.74) is 0.616. The van der Waals surface area contributed by atoms with Crippen molar-refractivity contribution in [1.82, 2.24) is 10.6 Å². The molecule has 0 aliphatic heterocycles. The summed E-state index contributed by atoms with van der Waals surface area (Å²) < 4.78 is 31.3. The largest absolute Gasteiger partial charge is 0.380 e. The first-order chi connectivity index (χ1) is 10.2. The first-order valence-electron chi connectivity index (χ1n) is 7.20. The molecule has 0 aliphatic rings. The van der Waals surface area contributed by atoms with E-state index < -0.39 is 11.6 Å². The highest BCUT2D eigenvalue weighted by molar-refractivity contribution is 5.79. The average Bonchev–Trinajstić information content (AvgIpc) is 2.42. The van der Waals surface area contributed by atoms with Gasteiger partial charge in [-0.15, -0.1) is 0 Å². The van der Waals surface area contributed by atoms with Crippen LogP contribution in [0, 0.1) is 11.6 Å². The van der Waals surface area contributed by atoms with Crippen molar-refractivity contribution in [2.45, 2.75) is 20.3 Å². The van der Waals surface area contributed by atoms with Crippen LogP contribution in [0.3, 0.4) is 0 Å². The molecule has 0 radical (unpaired) electrons. The SMILES string of the molecule is CCNC(=NCCOCC)NCCc1cc(F)cc(F)c1. The third-order valence-corrected chi connectivity index (χ3v) is 2.68. The summed E-state index contributed by atoms with van der Waals surface area (Å²) in [6.07, 6.45) is 0.518. The number of ether oxygens (including phenoxy) is 1. The molecule has 1 aromatic rings. The van der Waals surface area contributed by atoms with E-state index in [9.17, 15) is 8.78 Å². The van der Waals surface area contributed by atoms with Crippen molar-refractivity contribution in [3.63, 3.8) is 0 Å². The van der Waals surface area contributed by atoms with Crippen molar-refractivity contribution in [2.75, 3.05) is 32.8 Å². The second-order valence-corrected chi connectivity index (χ2v) is 4.41. The molecule has 1 aromatic carbocycles. The summed E-state index contributed by atoms with van der Waals surface area (Å²) in [4.78, 5) is 4.34. The van der Waals surface area contributed by atoms with Crippen LogP contribution >= 0.6 is 0 Å². The molecule has 0 unspecified atom stereocenters. The van der Waals surface area contributed by atoms with E-state index in [1.54, 1.807) is 0 Å². The van der Waals surface area contributed by atoms with Gasteiger partial charge in [-0.3, -0.25) is 4.99 Å². The molecule has 2 N–H and O–H groups in total. The zero-order valence-corrected chi connectivity index (χ0v) is 12.6. The van der Waals surface area contributed by atoms with E-state index in [0.717, 1.165) is 12.6 Å². The minimum Gasteiger partial charge on any atom is -0.380 e. The zero-order chi connectivity index (χ0) is 15.5. The molecule has 0 bridgehead atoms. The Balaban J connectivity index is 2.41. The smallest absolute Gasteiger partial charge is 0.191 e. The normalized spacial score (nSPS) is 11.5. The third kappa shape index (κ3) is 7.60. The second-order valence-electron chi connectivity index (χ2n) is 4.41. The van der Waals surface area contributed by atoms with Gasteiger partial charge in [0.1, 0.15) is 11.6 Å². The number of hydrogen-bond donors (Lipinski definition) is 2. The fourth-order valence-corrected chi connectivity index (χ4v) is 1.79. The Bertz CT molecular complexity index is 432. The summed E-state index contributed by atoms with van der Waals surface area (Å²) in [5.74, 6) is -0.432. The highest BCUT2D eigenvalue weighted by Gasteiger charge is 2.02. The number of rotatable bonds is 8. The van der Waals surface area contributed by atoms with Gasteiger partial charge in [0.05, 0.1) is 13.2 Å². The van der Waals surface area contributed by atoms with Crippen molar-refractivity contribution in [1.29, 1.82) is 0 Å². The van der Waals surface area contributed by atoms with Gasteiger partial charge in [-0.2, -0.15) is 0 Å². The van der Waals surface area contributed by atoms with Gasteiger partial charge in [0.25, 0.3) is 0 Å². The molecule has 0 fully saturated rings. The van der Waals surface area contributed by atoms with Crippen LogP contribution in [0.2, 0.25) is 0 Å². The molecule has 0 spiro atoms. The molecule has 0 atom stereocenters. The van der Waals surface area contributed by atoms with Crippen LogP contribution in [-0.2, 0) is 11.2 Å². The third-order valence-electron chi connectivity index (χ3n) is 2.68. The lowest BCUT2D eigenvalue weighted by molar-refractivity contribution is 0.155. The lowest BCUT2D eigenvalue weighted by Gasteiger charge is -2.11. The van der Waals surface area contributed by atoms with Gasteiger partial charge in [-0.05, 0) is 38.0 Å². The van der Waals surface area contributed by atoms with E-state index in [1.165, 1.54) is 12.1 Å². The minimum atomic E-state index is -0.553. The number of hydrogen-bond acceptors (Lipinski definition) is 2. The van der Waals surface area contributed by atoms with E-state index in [0.29, 0.717) is 44.2 Å². The summed E-state index contributed by atoms with van der Waals surface area (Å²) in [5, 5.41) is 6.23. The van der Waals surface area contributed by atoms with Gasteiger partial charge in [-0.25, -0.2) is 8.78 Å². The Labute approximate surface area is 124 Å². The molecule has 118 valence electrons. The maximum Gasteiger partial charge on any atom is 0.191 e. The summed E-state index contributed by atoms with van der Waals surface area (Å²) in [7, 11) is 0. The predicted octanol–water partition coefficient (Wildman–Crippen LogP) is 2.10. The number of benzene rings is 1. The fourth-order valence-electron chi connectivity index (χ4n) is 1.79. The van der Waals surface area contributed by atoms with Gasteiger partial charge < -0.3 is 15.4 Å². The Morgan fingerprint density at radius 2 is 1.86 bits per heavy atom. The van der Waals surface area contributed by atoms with Gasteiger partial charge >= 0.3 is 0 Å².